The van der Waals surface area contributed by atoms with Gasteiger partial charge < -0.3 is 10.2 Å². The number of aryl methyl sites for hydroxylation is 3. The van der Waals surface area contributed by atoms with Gasteiger partial charge in [-0.1, -0.05) is 66.2 Å². The Balaban J connectivity index is 1.48. The van der Waals surface area contributed by atoms with Crippen LogP contribution in [0.2, 0.25) is 0 Å². The summed E-state index contributed by atoms with van der Waals surface area (Å²) >= 11 is 0. The first-order chi connectivity index (χ1) is 16.6. The van der Waals surface area contributed by atoms with E-state index in [1.807, 2.05) is 31.2 Å². The van der Waals surface area contributed by atoms with E-state index >= 15 is 0 Å². The maximum Gasteiger partial charge on any atom is 0.274 e. The minimum absolute atomic E-state index is 0.300. The van der Waals surface area contributed by atoms with Crippen molar-refractivity contribution < 1.29 is 4.92 Å². The molecule has 0 saturated carbocycles. The molecule has 5 nitrogen and oxygen atoms in total. The van der Waals surface area contributed by atoms with E-state index in [1.54, 1.807) is 0 Å². The molecule has 34 heavy (non-hydrogen) atoms. The van der Waals surface area contributed by atoms with Gasteiger partial charge in [-0.3, -0.25) is 10.1 Å². The summed E-state index contributed by atoms with van der Waals surface area (Å²) in [5.41, 5.74) is 7.73. The summed E-state index contributed by atoms with van der Waals surface area (Å²) in [6.07, 6.45) is 5.36. The highest BCUT2D eigenvalue weighted by atomic mass is 16.6. The van der Waals surface area contributed by atoms with Crippen LogP contribution in [0.15, 0.2) is 84.8 Å². The Morgan fingerprint density at radius 2 is 1.59 bits per heavy atom. The number of hydrogen-bond acceptors (Lipinski definition) is 4. The third kappa shape index (κ3) is 4.69. The van der Waals surface area contributed by atoms with Crippen LogP contribution in [0.1, 0.15) is 46.6 Å². The molecule has 2 aliphatic rings. The summed E-state index contributed by atoms with van der Waals surface area (Å²) in [7, 11) is 0. The third-order valence-electron chi connectivity index (χ3n) is 7.27. The molecule has 1 aliphatic heterocycles. The van der Waals surface area contributed by atoms with Gasteiger partial charge in [0, 0.05) is 24.7 Å². The molecule has 0 amide bonds. The van der Waals surface area contributed by atoms with E-state index in [9.17, 15) is 10.1 Å². The number of rotatable bonds is 5. The van der Waals surface area contributed by atoms with E-state index in [4.69, 9.17) is 0 Å². The number of anilines is 1. The maximum absolute atomic E-state index is 11.5. The smallest absolute Gasteiger partial charge is 0.274 e. The number of nitrogens with one attached hydrogen (secondary N) is 1. The summed E-state index contributed by atoms with van der Waals surface area (Å²) in [4.78, 5) is 13.3. The summed E-state index contributed by atoms with van der Waals surface area (Å²) in [5, 5.41) is 14.8. The van der Waals surface area contributed by atoms with Crippen LogP contribution < -0.4 is 5.32 Å². The maximum atomic E-state index is 11.5. The predicted molar refractivity (Wildman–Crippen MR) is 136 cm³/mol. The highest BCUT2D eigenvalue weighted by molar-refractivity contribution is 5.49. The van der Waals surface area contributed by atoms with E-state index in [0.29, 0.717) is 17.7 Å². The van der Waals surface area contributed by atoms with E-state index in [-0.39, 0.29) is 4.92 Å². The number of piperidine rings is 1. The molecule has 1 atom stereocenters. The third-order valence-corrected chi connectivity index (χ3v) is 7.27. The van der Waals surface area contributed by atoms with Crippen LogP contribution in [0.25, 0.3) is 0 Å². The Bertz CT molecular complexity index is 1150. The number of hydrogen-bond donors (Lipinski definition) is 1. The monoisotopic (exact) mass is 453 g/mol. The lowest BCUT2D eigenvalue weighted by Crippen LogP contribution is -2.40. The second kappa shape index (κ2) is 9.72. The minimum atomic E-state index is -0.351. The number of likely N-dealkylation sites (tertiary alicyclic amines) is 1. The number of benzene rings is 3. The Kier molecular flexibility index (Phi) is 6.35. The van der Waals surface area contributed by atoms with Crippen molar-refractivity contribution in [3.05, 3.63) is 123 Å². The molecule has 5 heteroatoms. The molecule has 3 aromatic rings. The molecule has 5 rings (SSSR count). The van der Waals surface area contributed by atoms with Gasteiger partial charge in [-0.25, -0.2) is 0 Å². The normalized spacial score (nSPS) is 18.6. The number of nitro groups is 1. The van der Waals surface area contributed by atoms with Gasteiger partial charge in [-0.15, -0.1) is 0 Å². The van der Waals surface area contributed by atoms with Gasteiger partial charge in [0.25, 0.3) is 6.20 Å². The molecule has 1 unspecified atom stereocenters. The zero-order valence-electron chi connectivity index (χ0n) is 19.6. The Hall–Kier alpha value is -3.60. The highest BCUT2D eigenvalue weighted by Gasteiger charge is 2.34. The lowest BCUT2D eigenvalue weighted by Gasteiger charge is -2.39. The summed E-state index contributed by atoms with van der Waals surface area (Å²) in [6, 6.07) is 25.7. The van der Waals surface area contributed by atoms with Crippen molar-refractivity contribution in [2.45, 2.75) is 38.5 Å². The SMILES string of the molecule is Cc1ccc(NC(=C[N+](=O)[O-])N2CCCC(C3c4ccccc4CCc4ccccc43)C2)cc1. The molecule has 0 radical (unpaired) electrons. The van der Waals surface area contributed by atoms with Crippen molar-refractivity contribution in [2.24, 2.45) is 5.92 Å². The van der Waals surface area contributed by atoms with Crippen LogP contribution >= 0.6 is 0 Å². The Morgan fingerprint density at radius 1 is 0.971 bits per heavy atom. The summed E-state index contributed by atoms with van der Waals surface area (Å²) in [5.74, 6) is 1.24. The molecular weight excluding hydrogens is 422 g/mol. The topological polar surface area (TPSA) is 58.4 Å². The fourth-order valence-corrected chi connectivity index (χ4v) is 5.65. The molecule has 1 N–H and O–H groups in total. The average Bonchev–Trinajstić information content (AvgIpc) is 3.02. The fraction of sp³-hybridized carbons (Fsp3) is 0.310. The van der Waals surface area contributed by atoms with Crippen molar-refractivity contribution in [2.75, 3.05) is 18.4 Å². The first kappa shape index (κ1) is 22.2. The van der Waals surface area contributed by atoms with Crippen molar-refractivity contribution in [3.63, 3.8) is 0 Å². The molecule has 0 aromatic heterocycles. The van der Waals surface area contributed by atoms with Gasteiger partial charge in [-0.05, 0) is 72.9 Å². The molecule has 1 saturated heterocycles. The molecular formula is C29H31N3O2. The standard InChI is InChI=1S/C29H31N3O2/c1-21-12-16-25(17-13-21)30-28(20-32(33)34)31-18-6-9-24(19-31)29-26-10-4-2-7-22(26)14-15-23-8-3-5-11-27(23)29/h2-5,7-8,10-13,16-17,20,24,29-30H,6,9,14-15,18-19H2,1H3. The van der Waals surface area contributed by atoms with Crippen LogP contribution in [0.5, 0.6) is 0 Å². The van der Waals surface area contributed by atoms with Gasteiger partial charge in [0.05, 0.1) is 4.92 Å². The van der Waals surface area contributed by atoms with E-state index in [2.05, 4.69) is 58.7 Å². The van der Waals surface area contributed by atoms with Crippen LogP contribution in [-0.2, 0) is 12.8 Å². The fourth-order valence-electron chi connectivity index (χ4n) is 5.65. The second-order valence-electron chi connectivity index (χ2n) is 9.51. The van der Waals surface area contributed by atoms with Crippen LogP contribution in [0.4, 0.5) is 5.69 Å². The zero-order valence-corrected chi connectivity index (χ0v) is 19.6. The molecule has 174 valence electrons. The molecule has 0 bridgehead atoms. The largest absolute Gasteiger partial charge is 0.353 e. The van der Waals surface area contributed by atoms with E-state index in [1.165, 1.54) is 22.3 Å². The van der Waals surface area contributed by atoms with Crippen molar-refractivity contribution in [1.29, 1.82) is 0 Å². The quantitative estimate of drug-likeness (QED) is 0.373. The Morgan fingerprint density at radius 3 is 2.21 bits per heavy atom. The summed E-state index contributed by atoms with van der Waals surface area (Å²) < 4.78 is 0. The predicted octanol–water partition coefficient (Wildman–Crippen LogP) is 6.13. The van der Waals surface area contributed by atoms with Gasteiger partial charge in [0.2, 0.25) is 0 Å². The molecule has 1 heterocycles. The van der Waals surface area contributed by atoms with E-state index in [0.717, 1.165) is 56.2 Å². The molecule has 0 spiro atoms. The van der Waals surface area contributed by atoms with Crippen molar-refractivity contribution in [1.82, 2.24) is 4.90 Å². The minimum Gasteiger partial charge on any atom is -0.353 e. The van der Waals surface area contributed by atoms with Crippen LogP contribution in [-0.4, -0.2) is 22.9 Å². The second-order valence-corrected chi connectivity index (χ2v) is 9.51. The lowest BCUT2D eigenvalue weighted by atomic mass is 9.75. The van der Waals surface area contributed by atoms with Gasteiger partial charge in [-0.2, -0.15) is 0 Å². The Labute approximate surface area is 201 Å². The lowest BCUT2D eigenvalue weighted by molar-refractivity contribution is -0.404. The zero-order chi connectivity index (χ0) is 23.5. The van der Waals surface area contributed by atoms with Crippen LogP contribution in [0.3, 0.4) is 0 Å². The number of fused-ring (bicyclic) bond motifs is 2. The van der Waals surface area contributed by atoms with Crippen molar-refractivity contribution >= 4 is 5.69 Å². The van der Waals surface area contributed by atoms with Gasteiger partial charge in [0.15, 0.2) is 5.82 Å². The van der Waals surface area contributed by atoms with E-state index < -0.39 is 0 Å². The average molecular weight is 454 g/mol. The first-order valence-corrected chi connectivity index (χ1v) is 12.2. The van der Waals surface area contributed by atoms with Crippen LogP contribution in [0, 0.1) is 23.0 Å². The van der Waals surface area contributed by atoms with Gasteiger partial charge in [0.1, 0.15) is 0 Å². The highest BCUT2D eigenvalue weighted by Crippen LogP contribution is 2.42. The van der Waals surface area contributed by atoms with Gasteiger partial charge >= 0.3 is 0 Å². The molecule has 1 aliphatic carbocycles. The molecule has 1 fully saturated rings. The first-order valence-electron chi connectivity index (χ1n) is 12.2. The molecule has 3 aromatic carbocycles. The number of nitrogens with zero attached hydrogens (tertiary/aromatic N) is 2. The summed E-state index contributed by atoms with van der Waals surface area (Å²) in [6.45, 7) is 3.63. The van der Waals surface area contributed by atoms with Crippen molar-refractivity contribution in [3.8, 4) is 0 Å².